The zero-order chi connectivity index (χ0) is 14.4. The highest BCUT2D eigenvalue weighted by Gasteiger charge is 2.02. The molecule has 0 radical (unpaired) electrons. The molecule has 20 heavy (non-hydrogen) atoms. The van der Waals surface area contributed by atoms with Crippen LogP contribution in [0.15, 0.2) is 52.0 Å². The first-order valence-corrected chi connectivity index (χ1v) is 6.75. The van der Waals surface area contributed by atoms with Gasteiger partial charge in [0.25, 0.3) is 0 Å². The third kappa shape index (κ3) is 4.20. The molecule has 0 fully saturated rings. The standard InChI is InChI=1S/C15H17N3OS/c1-11-8-9-14(19-11)12(2)17-18-15(20)16-10-13-6-4-3-5-7-13/h3-9H,10H2,1-2H3,(H2,16,18,20)/b17-12+. The second kappa shape index (κ2) is 6.86. The Morgan fingerprint density at radius 2 is 1.95 bits per heavy atom. The van der Waals surface area contributed by atoms with E-state index in [1.807, 2.05) is 56.3 Å². The summed E-state index contributed by atoms with van der Waals surface area (Å²) >= 11 is 5.17. The molecule has 1 heterocycles. The van der Waals surface area contributed by atoms with Crippen molar-refractivity contribution in [3.05, 3.63) is 59.5 Å². The van der Waals surface area contributed by atoms with E-state index in [-0.39, 0.29) is 0 Å². The number of benzene rings is 1. The Balaban J connectivity index is 1.83. The summed E-state index contributed by atoms with van der Waals surface area (Å²) in [7, 11) is 0. The van der Waals surface area contributed by atoms with E-state index in [1.54, 1.807) is 0 Å². The van der Waals surface area contributed by atoms with Gasteiger partial charge in [-0.2, -0.15) is 5.10 Å². The molecule has 0 aliphatic rings. The molecule has 1 aromatic carbocycles. The van der Waals surface area contributed by atoms with Crippen molar-refractivity contribution >= 4 is 23.0 Å². The minimum atomic E-state index is 0.483. The second-order valence-electron chi connectivity index (χ2n) is 4.39. The number of hydrogen-bond donors (Lipinski definition) is 2. The van der Waals surface area contributed by atoms with Crippen molar-refractivity contribution in [2.24, 2.45) is 5.10 Å². The predicted molar refractivity (Wildman–Crippen MR) is 84.7 cm³/mol. The SMILES string of the molecule is C/C(=N\NC(=S)NCc1ccccc1)c1ccc(C)o1. The van der Waals surface area contributed by atoms with Gasteiger partial charge in [-0.15, -0.1) is 0 Å². The van der Waals surface area contributed by atoms with Crippen LogP contribution in [0.25, 0.3) is 0 Å². The van der Waals surface area contributed by atoms with Crippen molar-refractivity contribution in [2.45, 2.75) is 20.4 Å². The summed E-state index contributed by atoms with van der Waals surface area (Å²) in [6.07, 6.45) is 0. The van der Waals surface area contributed by atoms with Crippen LogP contribution in [-0.4, -0.2) is 10.8 Å². The molecule has 0 saturated carbocycles. The van der Waals surface area contributed by atoms with Crippen molar-refractivity contribution < 1.29 is 4.42 Å². The monoisotopic (exact) mass is 287 g/mol. The molecule has 0 atom stereocenters. The molecule has 0 aliphatic carbocycles. The van der Waals surface area contributed by atoms with Gasteiger partial charge in [-0.25, -0.2) is 0 Å². The summed E-state index contributed by atoms with van der Waals surface area (Å²) in [5, 5.41) is 7.77. The van der Waals surface area contributed by atoms with Crippen molar-refractivity contribution in [3.8, 4) is 0 Å². The Hall–Kier alpha value is -2.14. The number of thiocarbonyl (C=S) groups is 1. The van der Waals surface area contributed by atoms with E-state index in [2.05, 4.69) is 15.8 Å². The van der Waals surface area contributed by atoms with E-state index in [0.717, 1.165) is 17.2 Å². The average Bonchev–Trinajstić information content (AvgIpc) is 2.90. The molecule has 0 spiro atoms. The topological polar surface area (TPSA) is 49.6 Å². The Kier molecular flexibility index (Phi) is 4.90. The third-order valence-electron chi connectivity index (χ3n) is 2.72. The molecule has 5 heteroatoms. The highest BCUT2D eigenvalue weighted by atomic mass is 32.1. The number of rotatable bonds is 4. The van der Waals surface area contributed by atoms with Gasteiger partial charge in [0.05, 0.1) is 0 Å². The Morgan fingerprint density at radius 3 is 2.60 bits per heavy atom. The Labute approximate surface area is 123 Å². The number of nitrogens with zero attached hydrogens (tertiary/aromatic N) is 1. The fourth-order valence-electron chi connectivity index (χ4n) is 1.64. The van der Waals surface area contributed by atoms with Crippen LogP contribution in [0, 0.1) is 6.92 Å². The number of aryl methyl sites for hydroxylation is 1. The molecule has 0 amide bonds. The van der Waals surface area contributed by atoms with Crippen LogP contribution in [0.5, 0.6) is 0 Å². The molecular weight excluding hydrogens is 270 g/mol. The van der Waals surface area contributed by atoms with Gasteiger partial charge in [0.1, 0.15) is 17.2 Å². The predicted octanol–water partition coefficient (Wildman–Crippen LogP) is 2.98. The van der Waals surface area contributed by atoms with E-state index in [1.165, 1.54) is 5.56 Å². The lowest BCUT2D eigenvalue weighted by atomic mass is 10.2. The molecule has 2 N–H and O–H groups in total. The van der Waals surface area contributed by atoms with Gasteiger partial charge < -0.3 is 9.73 Å². The minimum absolute atomic E-state index is 0.483. The Morgan fingerprint density at radius 1 is 1.20 bits per heavy atom. The summed E-state index contributed by atoms with van der Waals surface area (Å²) in [4.78, 5) is 0. The van der Waals surface area contributed by atoms with Gasteiger partial charge in [0.2, 0.25) is 0 Å². The third-order valence-corrected chi connectivity index (χ3v) is 2.95. The molecule has 2 rings (SSSR count). The van der Waals surface area contributed by atoms with E-state index in [0.29, 0.717) is 11.7 Å². The lowest BCUT2D eigenvalue weighted by Gasteiger charge is -2.07. The molecule has 0 unspecified atom stereocenters. The maximum atomic E-state index is 5.47. The first-order chi connectivity index (χ1) is 9.65. The molecule has 0 bridgehead atoms. The van der Waals surface area contributed by atoms with Crippen molar-refractivity contribution in [1.29, 1.82) is 0 Å². The average molecular weight is 287 g/mol. The van der Waals surface area contributed by atoms with Gasteiger partial charge >= 0.3 is 0 Å². The lowest BCUT2D eigenvalue weighted by molar-refractivity contribution is 0.525. The largest absolute Gasteiger partial charge is 0.460 e. The molecule has 2 aromatic rings. The van der Waals surface area contributed by atoms with Gasteiger partial charge in [-0.05, 0) is 43.8 Å². The van der Waals surface area contributed by atoms with Gasteiger partial charge in [-0.1, -0.05) is 30.3 Å². The molecule has 4 nitrogen and oxygen atoms in total. The van der Waals surface area contributed by atoms with E-state index in [9.17, 15) is 0 Å². The summed E-state index contributed by atoms with van der Waals surface area (Å²) in [5.41, 5.74) is 4.73. The zero-order valence-corrected chi connectivity index (χ0v) is 12.3. The second-order valence-corrected chi connectivity index (χ2v) is 4.80. The van der Waals surface area contributed by atoms with Crippen LogP contribution < -0.4 is 10.7 Å². The smallest absolute Gasteiger partial charge is 0.187 e. The van der Waals surface area contributed by atoms with E-state index >= 15 is 0 Å². The first-order valence-electron chi connectivity index (χ1n) is 6.34. The molecular formula is C15H17N3OS. The number of hydrogen-bond acceptors (Lipinski definition) is 3. The van der Waals surface area contributed by atoms with Crippen molar-refractivity contribution in [1.82, 2.24) is 10.7 Å². The van der Waals surface area contributed by atoms with Gasteiger partial charge in [0, 0.05) is 6.54 Å². The van der Waals surface area contributed by atoms with Crippen molar-refractivity contribution in [2.75, 3.05) is 0 Å². The van der Waals surface area contributed by atoms with Gasteiger partial charge in [0.15, 0.2) is 5.11 Å². The fraction of sp³-hybridized carbons (Fsp3) is 0.200. The summed E-state index contributed by atoms with van der Waals surface area (Å²) in [6, 6.07) is 13.8. The summed E-state index contributed by atoms with van der Waals surface area (Å²) < 4.78 is 5.47. The quantitative estimate of drug-likeness (QED) is 0.515. The van der Waals surface area contributed by atoms with E-state index < -0.39 is 0 Å². The van der Waals surface area contributed by atoms with Crippen LogP contribution in [0.2, 0.25) is 0 Å². The highest BCUT2D eigenvalue weighted by molar-refractivity contribution is 7.80. The summed E-state index contributed by atoms with van der Waals surface area (Å²) in [5.74, 6) is 1.60. The van der Waals surface area contributed by atoms with Crippen LogP contribution in [0.1, 0.15) is 24.0 Å². The maximum absolute atomic E-state index is 5.47. The summed E-state index contributed by atoms with van der Waals surface area (Å²) in [6.45, 7) is 4.43. The highest BCUT2D eigenvalue weighted by Crippen LogP contribution is 2.07. The van der Waals surface area contributed by atoms with Crippen LogP contribution in [0.4, 0.5) is 0 Å². The molecule has 104 valence electrons. The van der Waals surface area contributed by atoms with E-state index in [4.69, 9.17) is 16.6 Å². The van der Waals surface area contributed by atoms with Gasteiger partial charge in [-0.3, -0.25) is 5.43 Å². The van der Waals surface area contributed by atoms with Crippen molar-refractivity contribution in [3.63, 3.8) is 0 Å². The number of nitrogens with one attached hydrogen (secondary N) is 2. The van der Waals surface area contributed by atoms with Crippen LogP contribution >= 0.6 is 12.2 Å². The maximum Gasteiger partial charge on any atom is 0.187 e. The first kappa shape index (κ1) is 14.3. The minimum Gasteiger partial charge on any atom is -0.460 e. The molecule has 1 aromatic heterocycles. The fourth-order valence-corrected chi connectivity index (χ4v) is 1.75. The lowest BCUT2D eigenvalue weighted by Crippen LogP contribution is -2.32. The number of hydrazone groups is 1. The van der Waals surface area contributed by atoms with Crippen LogP contribution in [-0.2, 0) is 6.54 Å². The van der Waals surface area contributed by atoms with Crippen LogP contribution in [0.3, 0.4) is 0 Å². The number of furan rings is 1. The Bertz CT molecular complexity index is 605. The zero-order valence-electron chi connectivity index (χ0n) is 11.5. The molecule has 0 aliphatic heterocycles. The molecule has 0 saturated heterocycles. The normalized spacial score (nSPS) is 11.2.